The zero-order chi connectivity index (χ0) is 13.4. The number of esters is 1. The first-order chi connectivity index (χ1) is 8.49. The number of ether oxygens (including phenoxy) is 1. The van der Waals surface area contributed by atoms with Crippen molar-refractivity contribution in [2.24, 2.45) is 0 Å². The third kappa shape index (κ3) is 1.88. The van der Waals surface area contributed by atoms with Crippen LogP contribution in [0.4, 0.5) is 8.78 Å². The first kappa shape index (κ1) is 12.6. The van der Waals surface area contributed by atoms with Gasteiger partial charge >= 0.3 is 5.97 Å². The molecule has 0 bridgehead atoms. The van der Waals surface area contributed by atoms with Crippen molar-refractivity contribution in [3.05, 3.63) is 35.4 Å². The van der Waals surface area contributed by atoms with E-state index in [-0.39, 0.29) is 5.56 Å². The number of methoxy groups -OCH3 is 1. The number of nitrogens with zero attached hydrogens (tertiary/aromatic N) is 1. The van der Waals surface area contributed by atoms with Gasteiger partial charge in [0.1, 0.15) is 17.7 Å². The van der Waals surface area contributed by atoms with Crippen molar-refractivity contribution in [2.75, 3.05) is 14.2 Å². The number of carbonyl (C=O) groups is 2. The summed E-state index contributed by atoms with van der Waals surface area (Å²) < 4.78 is 31.4. The monoisotopic (exact) mass is 255 g/mol. The van der Waals surface area contributed by atoms with Gasteiger partial charge in [-0.1, -0.05) is 6.07 Å². The summed E-state index contributed by atoms with van der Waals surface area (Å²) in [4.78, 5) is 24.1. The van der Waals surface area contributed by atoms with Crippen molar-refractivity contribution in [3.63, 3.8) is 0 Å². The second-order valence-electron chi connectivity index (χ2n) is 4.05. The molecule has 18 heavy (non-hydrogen) atoms. The first-order valence-electron chi connectivity index (χ1n) is 5.27. The van der Waals surface area contributed by atoms with Crippen LogP contribution in [0.2, 0.25) is 0 Å². The molecule has 3 atom stereocenters. The van der Waals surface area contributed by atoms with E-state index in [1.165, 1.54) is 18.0 Å². The maximum atomic E-state index is 13.5. The summed E-state index contributed by atoms with van der Waals surface area (Å²) in [5.74, 6) is -3.27. The molecule has 4 nitrogen and oxygen atoms in total. The Balaban J connectivity index is 2.28. The molecule has 0 saturated carbocycles. The number of halogens is 2. The zero-order valence-electron chi connectivity index (χ0n) is 9.81. The van der Waals surface area contributed by atoms with E-state index in [2.05, 4.69) is 4.74 Å². The molecule has 1 unspecified atom stereocenters. The van der Waals surface area contributed by atoms with Gasteiger partial charge < -0.3 is 4.74 Å². The summed E-state index contributed by atoms with van der Waals surface area (Å²) in [6.07, 6.45) is 0. The Bertz CT molecular complexity index is 498. The Labute approximate surface area is 102 Å². The third-order valence-corrected chi connectivity index (χ3v) is 3.04. The van der Waals surface area contributed by atoms with Gasteiger partial charge in [-0.3, -0.25) is 9.69 Å². The van der Waals surface area contributed by atoms with Crippen LogP contribution in [-0.4, -0.2) is 36.9 Å². The van der Waals surface area contributed by atoms with E-state index in [1.54, 1.807) is 0 Å². The molecular weight excluding hydrogens is 244 g/mol. The molecule has 0 radical (unpaired) electrons. The lowest BCUT2D eigenvalue weighted by Crippen LogP contribution is -2.23. The standard InChI is InChI=1S/C12H11F2NO3/c1-15-9(10(15)11(16)12(17)18-2)8-6(13)4-3-5-7(8)14/h3-5,9-10H,1-2H3/t9-,10+,15?/m1/s1. The fraction of sp³-hybridized carbons (Fsp3) is 0.333. The van der Waals surface area contributed by atoms with Crippen LogP contribution in [0, 0.1) is 11.6 Å². The summed E-state index contributed by atoms with van der Waals surface area (Å²) in [7, 11) is 2.60. The minimum absolute atomic E-state index is 0.192. The largest absolute Gasteiger partial charge is 0.463 e. The molecule has 0 amide bonds. The van der Waals surface area contributed by atoms with Crippen LogP contribution in [0.5, 0.6) is 0 Å². The molecular formula is C12H11F2NO3. The van der Waals surface area contributed by atoms with E-state index >= 15 is 0 Å². The van der Waals surface area contributed by atoms with E-state index in [9.17, 15) is 18.4 Å². The molecule has 1 saturated heterocycles. The first-order valence-corrected chi connectivity index (χ1v) is 5.27. The number of ketones is 1. The van der Waals surface area contributed by atoms with Gasteiger partial charge in [0.15, 0.2) is 0 Å². The summed E-state index contributed by atoms with van der Waals surface area (Å²) in [6, 6.07) is 1.86. The molecule has 1 aliphatic rings. The topological polar surface area (TPSA) is 46.4 Å². The summed E-state index contributed by atoms with van der Waals surface area (Å²) in [5, 5.41) is 0. The molecule has 2 rings (SSSR count). The molecule has 0 aliphatic carbocycles. The highest BCUT2D eigenvalue weighted by Crippen LogP contribution is 2.43. The van der Waals surface area contributed by atoms with Gasteiger partial charge in [0.05, 0.1) is 13.2 Å². The van der Waals surface area contributed by atoms with Crippen molar-refractivity contribution in [3.8, 4) is 0 Å². The molecule has 0 aromatic heterocycles. The van der Waals surface area contributed by atoms with Gasteiger partial charge in [-0.05, 0) is 19.2 Å². The Morgan fingerprint density at radius 1 is 1.28 bits per heavy atom. The molecule has 6 heteroatoms. The van der Waals surface area contributed by atoms with Crippen molar-refractivity contribution in [1.82, 2.24) is 4.90 Å². The fourth-order valence-corrected chi connectivity index (χ4v) is 2.04. The minimum atomic E-state index is -1.01. The lowest BCUT2D eigenvalue weighted by Gasteiger charge is -2.02. The zero-order valence-corrected chi connectivity index (χ0v) is 9.81. The Hall–Kier alpha value is -1.82. The number of Topliss-reactive ketones (excluding diaryl/α,β-unsaturated/α-hetero) is 1. The third-order valence-electron chi connectivity index (χ3n) is 3.04. The predicted molar refractivity (Wildman–Crippen MR) is 57.7 cm³/mol. The van der Waals surface area contributed by atoms with Crippen LogP contribution in [-0.2, 0) is 14.3 Å². The molecule has 1 fully saturated rings. The van der Waals surface area contributed by atoms with E-state index < -0.39 is 35.5 Å². The van der Waals surface area contributed by atoms with Crippen LogP contribution in [0.15, 0.2) is 18.2 Å². The molecule has 1 heterocycles. The van der Waals surface area contributed by atoms with Gasteiger partial charge in [0.25, 0.3) is 5.78 Å². The van der Waals surface area contributed by atoms with Crippen LogP contribution >= 0.6 is 0 Å². The maximum Gasteiger partial charge on any atom is 0.376 e. The maximum absolute atomic E-state index is 13.5. The summed E-state index contributed by atoms with van der Waals surface area (Å²) in [5.41, 5.74) is -0.192. The Morgan fingerprint density at radius 2 is 1.83 bits per heavy atom. The van der Waals surface area contributed by atoms with Crippen LogP contribution in [0.25, 0.3) is 0 Å². The second-order valence-corrected chi connectivity index (χ2v) is 4.05. The van der Waals surface area contributed by atoms with E-state index in [0.717, 1.165) is 19.2 Å². The fourth-order valence-electron chi connectivity index (χ4n) is 2.04. The number of benzene rings is 1. The van der Waals surface area contributed by atoms with Gasteiger partial charge in [-0.2, -0.15) is 0 Å². The molecule has 1 aliphatic heterocycles. The average molecular weight is 255 g/mol. The van der Waals surface area contributed by atoms with E-state index in [0.29, 0.717) is 0 Å². The van der Waals surface area contributed by atoms with E-state index in [4.69, 9.17) is 0 Å². The summed E-state index contributed by atoms with van der Waals surface area (Å²) >= 11 is 0. The van der Waals surface area contributed by atoms with Crippen LogP contribution in [0.3, 0.4) is 0 Å². The highest BCUT2D eigenvalue weighted by molar-refractivity contribution is 6.36. The van der Waals surface area contributed by atoms with Gasteiger partial charge in [-0.25, -0.2) is 13.6 Å². The minimum Gasteiger partial charge on any atom is -0.463 e. The van der Waals surface area contributed by atoms with E-state index in [1.807, 2.05) is 0 Å². The molecule has 1 aromatic rings. The van der Waals surface area contributed by atoms with Crippen molar-refractivity contribution < 1.29 is 23.1 Å². The van der Waals surface area contributed by atoms with Gasteiger partial charge in [0.2, 0.25) is 0 Å². The highest BCUT2D eigenvalue weighted by atomic mass is 19.1. The SMILES string of the molecule is COC(=O)C(=O)[C@@H]1[C@@H](c2c(F)cccc2F)N1C. The van der Waals surface area contributed by atoms with Crippen LogP contribution in [0.1, 0.15) is 11.6 Å². The number of rotatable bonds is 3. The van der Waals surface area contributed by atoms with Gasteiger partial charge in [0, 0.05) is 5.56 Å². The molecule has 1 aromatic carbocycles. The molecule has 0 spiro atoms. The second kappa shape index (κ2) is 4.45. The van der Waals surface area contributed by atoms with Crippen molar-refractivity contribution in [1.29, 1.82) is 0 Å². The quantitative estimate of drug-likeness (QED) is 0.460. The van der Waals surface area contributed by atoms with Gasteiger partial charge in [-0.15, -0.1) is 0 Å². The summed E-state index contributed by atoms with van der Waals surface area (Å²) in [6.45, 7) is 0. The smallest absolute Gasteiger partial charge is 0.376 e. The average Bonchev–Trinajstić information content (AvgIpc) is 2.98. The number of carbonyl (C=O) groups excluding carboxylic acids is 2. The Morgan fingerprint density at radius 3 is 2.33 bits per heavy atom. The van der Waals surface area contributed by atoms with Crippen molar-refractivity contribution >= 4 is 11.8 Å². The lowest BCUT2D eigenvalue weighted by molar-refractivity contribution is -0.151. The number of likely N-dealkylation sites (N-methyl/N-ethyl adjacent to an activating group) is 1. The normalized spacial score (nSPS) is 25.7. The number of hydrogen-bond acceptors (Lipinski definition) is 4. The predicted octanol–water partition coefficient (Wildman–Crippen LogP) is 1.06. The number of hydrogen-bond donors (Lipinski definition) is 0. The molecule has 96 valence electrons. The molecule has 0 N–H and O–H groups in total. The Kier molecular flexibility index (Phi) is 3.13. The lowest BCUT2D eigenvalue weighted by atomic mass is 10.1. The van der Waals surface area contributed by atoms with Crippen molar-refractivity contribution in [2.45, 2.75) is 12.1 Å². The highest BCUT2D eigenvalue weighted by Gasteiger charge is 2.54. The van der Waals surface area contributed by atoms with Crippen LogP contribution < -0.4 is 0 Å².